The Balaban J connectivity index is 1.61. The van der Waals surface area contributed by atoms with Gasteiger partial charge in [0.15, 0.2) is 10.9 Å². The molecule has 1 unspecified atom stereocenters. The lowest BCUT2D eigenvalue weighted by Gasteiger charge is -2.30. The number of rotatable bonds is 5. The molecule has 6 nitrogen and oxygen atoms in total. The standard InChI is InChI=1S/C20H21ClN4O2S/c1-14-6-4-10-24(12-14)18(26)13-28-20-23-22-19(17-9-5-11-27-17)25(20)16-8-3-2-7-15(16)21/h2-3,5,7-9,11,14H,4,6,10,12-13H2,1H3. The molecule has 1 aliphatic heterocycles. The Bertz CT molecular complexity index is 957. The van der Waals surface area contributed by atoms with Gasteiger partial charge in [0, 0.05) is 13.1 Å². The zero-order valence-corrected chi connectivity index (χ0v) is 17.1. The van der Waals surface area contributed by atoms with Crippen LogP contribution in [0.15, 0.2) is 52.2 Å². The second kappa shape index (κ2) is 8.41. The fourth-order valence-corrected chi connectivity index (χ4v) is 4.48. The summed E-state index contributed by atoms with van der Waals surface area (Å²) in [6, 6.07) is 11.1. The Morgan fingerprint density at radius 3 is 2.89 bits per heavy atom. The van der Waals surface area contributed by atoms with Crippen molar-refractivity contribution in [3.05, 3.63) is 47.7 Å². The van der Waals surface area contributed by atoms with Gasteiger partial charge in [-0.1, -0.05) is 42.4 Å². The Morgan fingerprint density at radius 1 is 1.29 bits per heavy atom. The smallest absolute Gasteiger partial charge is 0.233 e. The number of thioether (sulfide) groups is 1. The molecule has 0 spiro atoms. The molecule has 1 aliphatic rings. The number of para-hydroxylation sites is 1. The summed E-state index contributed by atoms with van der Waals surface area (Å²) in [5.41, 5.74) is 0.752. The lowest BCUT2D eigenvalue weighted by molar-refractivity contribution is -0.130. The highest BCUT2D eigenvalue weighted by molar-refractivity contribution is 7.99. The second-order valence-electron chi connectivity index (χ2n) is 6.95. The highest BCUT2D eigenvalue weighted by atomic mass is 35.5. The topological polar surface area (TPSA) is 64.2 Å². The van der Waals surface area contributed by atoms with E-state index in [-0.39, 0.29) is 5.91 Å². The molecule has 2 aromatic heterocycles. The lowest BCUT2D eigenvalue weighted by atomic mass is 10.0. The van der Waals surface area contributed by atoms with Crippen LogP contribution in [0.25, 0.3) is 17.3 Å². The summed E-state index contributed by atoms with van der Waals surface area (Å²) in [6.07, 6.45) is 3.84. The monoisotopic (exact) mass is 416 g/mol. The van der Waals surface area contributed by atoms with Gasteiger partial charge >= 0.3 is 0 Å². The highest BCUT2D eigenvalue weighted by Crippen LogP contribution is 2.31. The van der Waals surface area contributed by atoms with Crippen molar-refractivity contribution in [1.29, 1.82) is 0 Å². The van der Waals surface area contributed by atoms with Crippen molar-refractivity contribution in [2.75, 3.05) is 18.8 Å². The van der Waals surface area contributed by atoms with Gasteiger partial charge in [0.05, 0.1) is 22.7 Å². The first kappa shape index (κ1) is 19.1. The van der Waals surface area contributed by atoms with Crippen LogP contribution in [0, 0.1) is 5.92 Å². The van der Waals surface area contributed by atoms with Crippen LogP contribution in [0.2, 0.25) is 5.02 Å². The van der Waals surface area contributed by atoms with Crippen molar-refractivity contribution in [2.45, 2.75) is 24.9 Å². The number of carbonyl (C=O) groups is 1. The Labute approximate surface area is 172 Å². The van der Waals surface area contributed by atoms with E-state index < -0.39 is 0 Å². The molecule has 3 aromatic rings. The van der Waals surface area contributed by atoms with Crippen LogP contribution in [0.5, 0.6) is 0 Å². The molecule has 0 aliphatic carbocycles. The Kier molecular flexibility index (Phi) is 5.73. The molecule has 8 heteroatoms. The first-order chi connectivity index (χ1) is 13.6. The zero-order valence-electron chi connectivity index (χ0n) is 15.5. The average Bonchev–Trinajstić information content (AvgIpc) is 3.36. The third kappa shape index (κ3) is 3.95. The van der Waals surface area contributed by atoms with Crippen molar-refractivity contribution < 1.29 is 9.21 Å². The molecule has 1 amide bonds. The summed E-state index contributed by atoms with van der Waals surface area (Å²) in [4.78, 5) is 14.6. The summed E-state index contributed by atoms with van der Waals surface area (Å²) < 4.78 is 7.36. The number of benzene rings is 1. The third-order valence-electron chi connectivity index (χ3n) is 4.80. The fourth-order valence-electron chi connectivity index (χ4n) is 3.41. The molecule has 1 fully saturated rings. The highest BCUT2D eigenvalue weighted by Gasteiger charge is 2.24. The van der Waals surface area contributed by atoms with Crippen LogP contribution >= 0.6 is 23.4 Å². The van der Waals surface area contributed by atoms with Crippen LogP contribution in [-0.2, 0) is 4.79 Å². The predicted molar refractivity (Wildman–Crippen MR) is 110 cm³/mol. The molecule has 28 heavy (non-hydrogen) atoms. The SMILES string of the molecule is CC1CCCN(C(=O)CSc2nnc(-c3ccco3)n2-c2ccccc2Cl)C1. The largest absolute Gasteiger partial charge is 0.461 e. The molecule has 1 saturated heterocycles. The molecule has 4 rings (SSSR count). The molecule has 0 bridgehead atoms. The first-order valence-corrected chi connectivity index (χ1v) is 10.6. The second-order valence-corrected chi connectivity index (χ2v) is 8.30. The molecule has 1 aromatic carbocycles. The van der Waals surface area contributed by atoms with Gasteiger partial charge in [-0.05, 0) is 43.0 Å². The Hall–Kier alpha value is -2.25. The number of piperidine rings is 1. The lowest BCUT2D eigenvalue weighted by Crippen LogP contribution is -2.40. The van der Waals surface area contributed by atoms with E-state index in [2.05, 4.69) is 17.1 Å². The minimum atomic E-state index is 0.129. The Morgan fingerprint density at radius 2 is 2.14 bits per heavy atom. The number of likely N-dealkylation sites (tertiary alicyclic amines) is 1. The van der Waals surface area contributed by atoms with Crippen LogP contribution in [0.4, 0.5) is 0 Å². The van der Waals surface area contributed by atoms with Gasteiger partial charge in [0.1, 0.15) is 0 Å². The maximum atomic E-state index is 12.7. The molecular formula is C20H21ClN4O2S. The van der Waals surface area contributed by atoms with Crippen molar-refractivity contribution in [1.82, 2.24) is 19.7 Å². The van der Waals surface area contributed by atoms with Crippen LogP contribution < -0.4 is 0 Å². The van der Waals surface area contributed by atoms with E-state index in [0.29, 0.717) is 33.4 Å². The van der Waals surface area contributed by atoms with Crippen LogP contribution in [0.1, 0.15) is 19.8 Å². The van der Waals surface area contributed by atoms with E-state index in [1.807, 2.05) is 39.8 Å². The summed E-state index contributed by atoms with van der Waals surface area (Å²) >= 11 is 7.80. The zero-order chi connectivity index (χ0) is 19.5. The molecule has 0 radical (unpaired) electrons. The van der Waals surface area contributed by atoms with Crippen molar-refractivity contribution >= 4 is 29.3 Å². The van der Waals surface area contributed by atoms with Gasteiger partial charge < -0.3 is 9.32 Å². The van der Waals surface area contributed by atoms with Crippen molar-refractivity contribution in [3.8, 4) is 17.3 Å². The van der Waals surface area contributed by atoms with Crippen LogP contribution in [0.3, 0.4) is 0 Å². The van der Waals surface area contributed by atoms with E-state index in [1.165, 1.54) is 18.2 Å². The van der Waals surface area contributed by atoms with Crippen LogP contribution in [-0.4, -0.2) is 44.4 Å². The average molecular weight is 417 g/mol. The van der Waals surface area contributed by atoms with Gasteiger partial charge in [-0.2, -0.15) is 0 Å². The quantitative estimate of drug-likeness (QED) is 0.571. The van der Waals surface area contributed by atoms with Crippen molar-refractivity contribution in [2.24, 2.45) is 5.92 Å². The van der Waals surface area contributed by atoms with E-state index in [0.717, 1.165) is 25.2 Å². The fraction of sp³-hybridized carbons (Fsp3) is 0.350. The molecule has 0 N–H and O–H groups in total. The number of amides is 1. The number of aromatic nitrogens is 3. The number of halogens is 1. The normalized spacial score (nSPS) is 17.1. The molecule has 3 heterocycles. The van der Waals surface area contributed by atoms with Gasteiger partial charge in [-0.15, -0.1) is 10.2 Å². The molecular weight excluding hydrogens is 396 g/mol. The van der Waals surface area contributed by atoms with E-state index in [4.69, 9.17) is 16.0 Å². The summed E-state index contributed by atoms with van der Waals surface area (Å²) in [6.45, 7) is 3.85. The summed E-state index contributed by atoms with van der Waals surface area (Å²) in [5, 5.41) is 9.79. The van der Waals surface area contributed by atoms with E-state index in [1.54, 1.807) is 12.3 Å². The first-order valence-electron chi connectivity index (χ1n) is 9.28. The number of furan rings is 1. The maximum Gasteiger partial charge on any atom is 0.233 e. The van der Waals surface area contributed by atoms with E-state index >= 15 is 0 Å². The summed E-state index contributed by atoms with van der Waals surface area (Å²) in [7, 11) is 0. The minimum Gasteiger partial charge on any atom is -0.461 e. The summed E-state index contributed by atoms with van der Waals surface area (Å²) in [5.74, 6) is 2.15. The number of hydrogen-bond donors (Lipinski definition) is 0. The molecule has 146 valence electrons. The van der Waals surface area contributed by atoms with Gasteiger partial charge in [-0.3, -0.25) is 9.36 Å². The van der Waals surface area contributed by atoms with Gasteiger partial charge in [0.25, 0.3) is 0 Å². The minimum absolute atomic E-state index is 0.129. The number of hydrogen-bond acceptors (Lipinski definition) is 5. The molecule has 1 atom stereocenters. The number of carbonyl (C=O) groups excluding carboxylic acids is 1. The van der Waals surface area contributed by atoms with Crippen molar-refractivity contribution in [3.63, 3.8) is 0 Å². The van der Waals surface area contributed by atoms with Gasteiger partial charge in [0.2, 0.25) is 11.7 Å². The molecule has 0 saturated carbocycles. The third-order valence-corrected chi connectivity index (χ3v) is 6.04. The van der Waals surface area contributed by atoms with E-state index in [9.17, 15) is 4.79 Å². The number of nitrogens with zero attached hydrogens (tertiary/aromatic N) is 4. The maximum absolute atomic E-state index is 12.7. The van der Waals surface area contributed by atoms with Gasteiger partial charge in [-0.25, -0.2) is 0 Å². The predicted octanol–water partition coefficient (Wildman–Crippen LogP) is 4.53.